The van der Waals surface area contributed by atoms with Gasteiger partial charge < -0.3 is 20.1 Å². The third-order valence-electron chi connectivity index (χ3n) is 3.53. The van der Waals surface area contributed by atoms with Gasteiger partial charge in [0.05, 0.1) is 6.61 Å². The van der Waals surface area contributed by atoms with Gasteiger partial charge in [-0.15, -0.1) is 0 Å². The Kier molecular flexibility index (Phi) is 5.88. The van der Waals surface area contributed by atoms with Crippen LogP contribution in [0.5, 0.6) is 0 Å². The van der Waals surface area contributed by atoms with Crippen molar-refractivity contribution in [1.29, 1.82) is 0 Å². The van der Waals surface area contributed by atoms with Gasteiger partial charge in [0, 0.05) is 0 Å². The van der Waals surface area contributed by atoms with Crippen molar-refractivity contribution in [2.24, 2.45) is 0 Å². The summed E-state index contributed by atoms with van der Waals surface area (Å²) in [6, 6.07) is 0. The molecule has 160 valence electrons. The summed E-state index contributed by atoms with van der Waals surface area (Å²) < 4.78 is 94.3. The minimum atomic E-state index is -6.66. The van der Waals surface area contributed by atoms with E-state index in [1.165, 1.54) is 4.98 Å². The molecule has 28 heavy (non-hydrogen) atoms. The molecule has 0 spiro atoms. The summed E-state index contributed by atoms with van der Waals surface area (Å²) >= 11 is -1.57. The van der Waals surface area contributed by atoms with Gasteiger partial charge in [-0.2, -0.15) is 40.5 Å². The number of hydrogen-bond donors (Lipinski definition) is 4. The van der Waals surface area contributed by atoms with E-state index < -0.39 is 76.5 Å². The molecule has 1 aliphatic rings. The predicted octanol–water partition coefficient (Wildman–Crippen LogP) is -0.574. The Morgan fingerprint density at radius 2 is 1.68 bits per heavy atom. The molecule has 0 unspecified atom stereocenters. The largest absolute Gasteiger partial charge is 0.460 e. The fraction of sp³-hybridized carbons (Fsp3) is 0.727. The molecule has 2 heterocycles. The summed E-state index contributed by atoms with van der Waals surface area (Å²) in [6.45, 7) is -0.871. The average molecular weight is 445 g/mol. The van der Waals surface area contributed by atoms with Crippen LogP contribution in [0.25, 0.3) is 0 Å². The second-order valence-electron chi connectivity index (χ2n) is 5.43. The molecule has 4 N–H and O–H groups in total. The molecule has 9 nitrogen and oxygen atoms in total. The summed E-state index contributed by atoms with van der Waals surface area (Å²) in [5.41, 5.74) is -3.33. The number of aliphatic hydroxyl groups is 3. The summed E-state index contributed by atoms with van der Waals surface area (Å²) in [4.78, 5) is 24.6. The molecule has 1 saturated heterocycles. The van der Waals surface area contributed by atoms with Crippen LogP contribution in [0.2, 0.25) is 0 Å². The monoisotopic (exact) mass is 445 g/mol. The van der Waals surface area contributed by atoms with Crippen LogP contribution in [-0.4, -0.2) is 72.4 Å². The fourth-order valence-electron chi connectivity index (χ4n) is 2.07. The number of alkyl halides is 7. The second kappa shape index (κ2) is 7.29. The minimum Gasteiger partial charge on any atom is -0.394 e. The molecule has 1 fully saturated rings. The SMILES string of the molecule is O=c1[nH]c(=O)n([C@@H]2O[C@H](CO)[C@@H](O)[C@H]2O)nc1SC(F)(F)C(F)(F)C(F)(F)F. The standard InChI is InChI=1S/C11H10F7N3O6S/c12-9(13,10(14,15)16)11(17,18)28-6-5(25)19-8(26)21(20-6)7-4(24)3(23)2(1-22)27-7/h2-4,7,22-24H,1H2,(H,19,25,26)/t2-,3-,4-,7-/m1/s1. The Balaban J connectivity index is 2.45. The van der Waals surface area contributed by atoms with Gasteiger partial charge in [-0.1, -0.05) is 0 Å². The van der Waals surface area contributed by atoms with Crippen LogP contribution in [0.4, 0.5) is 30.7 Å². The molecular formula is C11H10F7N3O6S. The van der Waals surface area contributed by atoms with E-state index in [1.54, 1.807) is 0 Å². The maximum atomic E-state index is 13.5. The Labute approximate surface area is 152 Å². The van der Waals surface area contributed by atoms with Gasteiger partial charge in [0.1, 0.15) is 18.3 Å². The molecule has 0 amide bonds. The van der Waals surface area contributed by atoms with Gasteiger partial charge in [-0.05, 0) is 11.8 Å². The number of nitrogens with one attached hydrogen (secondary N) is 1. The summed E-state index contributed by atoms with van der Waals surface area (Å²) in [6.07, 6.45) is -13.9. The highest BCUT2D eigenvalue weighted by Gasteiger charge is 2.74. The van der Waals surface area contributed by atoms with Crippen molar-refractivity contribution in [3.63, 3.8) is 0 Å². The lowest BCUT2D eigenvalue weighted by Crippen LogP contribution is -2.50. The number of hydrogen-bond acceptors (Lipinski definition) is 8. The van der Waals surface area contributed by atoms with Gasteiger partial charge >= 0.3 is 23.0 Å². The molecule has 1 aliphatic heterocycles. The highest BCUT2D eigenvalue weighted by atomic mass is 32.2. The van der Waals surface area contributed by atoms with Crippen molar-refractivity contribution in [2.75, 3.05) is 6.61 Å². The van der Waals surface area contributed by atoms with Crippen molar-refractivity contribution in [1.82, 2.24) is 14.8 Å². The Morgan fingerprint density at radius 3 is 2.14 bits per heavy atom. The van der Waals surface area contributed by atoms with Gasteiger partial charge in [-0.3, -0.25) is 9.78 Å². The maximum Gasteiger partial charge on any atom is 0.460 e. The lowest BCUT2D eigenvalue weighted by molar-refractivity contribution is -0.330. The van der Waals surface area contributed by atoms with E-state index >= 15 is 0 Å². The number of ether oxygens (including phenoxy) is 1. The molecule has 0 saturated carbocycles. The van der Waals surface area contributed by atoms with Crippen LogP contribution in [0.1, 0.15) is 6.23 Å². The van der Waals surface area contributed by atoms with Crippen molar-refractivity contribution in [3.05, 3.63) is 20.8 Å². The number of H-pyrrole nitrogens is 1. The topological polar surface area (TPSA) is 138 Å². The van der Waals surface area contributed by atoms with E-state index in [1.807, 2.05) is 0 Å². The summed E-state index contributed by atoms with van der Waals surface area (Å²) in [5.74, 6) is -6.55. The number of aromatic nitrogens is 3. The molecule has 0 aromatic carbocycles. The van der Waals surface area contributed by atoms with Crippen LogP contribution in [-0.2, 0) is 4.74 Å². The van der Waals surface area contributed by atoms with E-state index in [2.05, 4.69) is 5.10 Å². The van der Waals surface area contributed by atoms with Crippen LogP contribution in [0.15, 0.2) is 14.6 Å². The van der Waals surface area contributed by atoms with Gasteiger partial charge in [0.15, 0.2) is 11.3 Å². The fourth-order valence-corrected chi connectivity index (χ4v) is 2.83. The van der Waals surface area contributed by atoms with E-state index in [0.29, 0.717) is 0 Å². The molecule has 17 heteroatoms. The van der Waals surface area contributed by atoms with Crippen LogP contribution in [0.3, 0.4) is 0 Å². The molecular weight excluding hydrogens is 435 g/mol. The van der Waals surface area contributed by atoms with Gasteiger partial charge in [0.2, 0.25) is 0 Å². The number of rotatable bonds is 5. The Hall–Kier alpha value is -1.69. The zero-order valence-corrected chi connectivity index (χ0v) is 13.8. The highest BCUT2D eigenvalue weighted by molar-refractivity contribution is 8.00. The normalized spacial score (nSPS) is 26.6. The number of aliphatic hydroxyl groups excluding tert-OH is 3. The van der Waals surface area contributed by atoms with E-state index in [4.69, 9.17) is 9.84 Å². The summed E-state index contributed by atoms with van der Waals surface area (Å²) in [5, 5.41) is 23.7. The smallest absolute Gasteiger partial charge is 0.394 e. The first-order chi connectivity index (χ1) is 12.6. The van der Waals surface area contributed by atoms with Crippen LogP contribution >= 0.6 is 11.8 Å². The van der Waals surface area contributed by atoms with Gasteiger partial charge in [0.25, 0.3) is 5.56 Å². The molecule has 4 atom stereocenters. The number of halogens is 7. The maximum absolute atomic E-state index is 13.5. The molecule has 0 radical (unpaired) electrons. The van der Waals surface area contributed by atoms with E-state index in [-0.39, 0.29) is 4.68 Å². The third kappa shape index (κ3) is 3.76. The first-order valence-corrected chi connectivity index (χ1v) is 7.82. The molecule has 0 bridgehead atoms. The van der Waals surface area contributed by atoms with E-state index in [0.717, 1.165) is 0 Å². The molecule has 2 rings (SSSR count). The average Bonchev–Trinajstić information content (AvgIpc) is 2.84. The molecule has 0 aliphatic carbocycles. The lowest BCUT2D eigenvalue weighted by atomic mass is 10.1. The summed E-state index contributed by atoms with van der Waals surface area (Å²) in [7, 11) is 0. The first kappa shape index (κ1) is 22.6. The van der Waals surface area contributed by atoms with E-state index in [9.17, 15) is 50.5 Å². The second-order valence-corrected chi connectivity index (χ2v) is 6.53. The van der Waals surface area contributed by atoms with Crippen LogP contribution in [0, 0.1) is 0 Å². The van der Waals surface area contributed by atoms with Gasteiger partial charge in [-0.25, -0.2) is 4.79 Å². The quantitative estimate of drug-likeness (QED) is 0.349. The molecule has 1 aromatic heterocycles. The lowest BCUT2D eigenvalue weighted by Gasteiger charge is -2.27. The number of nitrogens with zero attached hydrogens (tertiary/aromatic N) is 2. The van der Waals surface area contributed by atoms with Crippen molar-refractivity contribution in [3.8, 4) is 0 Å². The first-order valence-electron chi connectivity index (χ1n) is 7.01. The zero-order valence-electron chi connectivity index (χ0n) is 13.0. The highest BCUT2D eigenvalue weighted by Crippen LogP contribution is 2.53. The Morgan fingerprint density at radius 1 is 1.11 bits per heavy atom. The number of aromatic amines is 1. The zero-order chi connectivity index (χ0) is 21.7. The van der Waals surface area contributed by atoms with Crippen molar-refractivity contribution < 1.29 is 50.8 Å². The van der Waals surface area contributed by atoms with Crippen molar-refractivity contribution in [2.45, 2.75) is 46.9 Å². The Bertz CT molecular complexity index is 843. The minimum absolute atomic E-state index is 0.0465. The molecule has 1 aromatic rings. The van der Waals surface area contributed by atoms with Crippen molar-refractivity contribution >= 4 is 11.8 Å². The third-order valence-corrected chi connectivity index (χ3v) is 4.50. The number of thioether (sulfide) groups is 1. The van der Waals surface area contributed by atoms with Crippen LogP contribution < -0.4 is 11.2 Å². The predicted molar refractivity (Wildman–Crippen MR) is 73.9 cm³/mol.